The van der Waals surface area contributed by atoms with Crippen LogP contribution in [0.1, 0.15) is 117 Å². The van der Waals surface area contributed by atoms with Gasteiger partial charge in [-0.2, -0.15) is 0 Å². The molecule has 0 radical (unpaired) electrons. The normalized spacial score (nSPS) is 27.5. The highest BCUT2D eigenvalue weighted by Crippen LogP contribution is 2.55. The van der Waals surface area contributed by atoms with Crippen LogP contribution in [0.25, 0.3) is 0 Å². The summed E-state index contributed by atoms with van der Waals surface area (Å²) in [5.74, 6) is 1.62. The molecule has 6 fully saturated rings. The van der Waals surface area contributed by atoms with E-state index in [0.29, 0.717) is 23.3 Å². The zero-order valence-corrected chi connectivity index (χ0v) is 26.8. The van der Waals surface area contributed by atoms with E-state index in [1.54, 1.807) is 0 Å². The van der Waals surface area contributed by atoms with Crippen LogP contribution in [0.3, 0.4) is 0 Å². The average molecular weight is 561 g/mol. The minimum Gasteiger partial charge on any atom is -0.390 e. The van der Waals surface area contributed by atoms with E-state index < -0.39 is 0 Å². The fourth-order valence-corrected chi connectivity index (χ4v) is 8.14. The Balaban J connectivity index is 0.000000154. The monoisotopic (exact) mass is 561 g/mol. The number of hydrogen-bond acceptors (Lipinski definition) is 5. The molecule has 0 aromatic heterocycles. The molecule has 232 valence electrons. The third-order valence-electron chi connectivity index (χ3n) is 10.9. The molecule has 0 unspecified atom stereocenters. The van der Waals surface area contributed by atoms with Crippen LogP contribution in [0, 0.1) is 17.3 Å². The van der Waals surface area contributed by atoms with Gasteiger partial charge in [-0.1, -0.05) is 39.0 Å². The third kappa shape index (κ3) is 9.15. The van der Waals surface area contributed by atoms with Gasteiger partial charge in [0.1, 0.15) is 0 Å². The van der Waals surface area contributed by atoms with Crippen LogP contribution in [0.2, 0.25) is 0 Å². The molecule has 4 aliphatic heterocycles. The van der Waals surface area contributed by atoms with Crippen molar-refractivity contribution in [1.82, 2.24) is 19.6 Å². The SMILES string of the molecule is CC(C)N1CC2(C1)CC(O)(CCN1CCCCC1)C2.CCC1CN(C(=O)C2CCCCC2)C1.CN1CCCCC1. The summed E-state index contributed by atoms with van der Waals surface area (Å²) in [6, 6.07) is 0.674. The molecule has 6 nitrogen and oxygen atoms in total. The standard InChI is InChI=1S/C16H30N2O.C12H21NO.C6H13N/c1-14(2)18-12-15(13-18)10-16(19,11-15)6-9-17-7-4-3-5-8-17;1-2-10-8-13(9-10)12(14)11-6-4-3-5-7-11;1-7-5-3-2-4-6-7/h14,19H,3-13H2,1-2H3;10-11H,2-9H2,1H3;2-6H2,1H3. The Bertz CT molecular complexity index is 735. The van der Waals surface area contributed by atoms with Crippen molar-refractivity contribution in [3.63, 3.8) is 0 Å². The molecule has 6 aliphatic rings. The molecule has 0 bridgehead atoms. The van der Waals surface area contributed by atoms with Crippen molar-refractivity contribution < 1.29 is 9.90 Å². The first-order chi connectivity index (χ1) is 19.2. The van der Waals surface area contributed by atoms with Gasteiger partial charge in [-0.05, 0) is 117 Å². The Morgan fingerprint density at radius 2 is 1.40 bits per heavy atom. The Hall–Kier alpha value is -0.690. The zero-order chi connectivity index (χ0) is 28.6. The second-order valence-electron chi connectivity index (χ2n) is 14.9. The highest BCUT2D eigenvalue weighted by atomic mass is 16.3. The average Bonchev–Trinajstić information content (AvgIpc) is 2.90. The van der Waals surface area contributed by atoms with E-state index in [4.69, 9.17) is 0 Å². The summed E-state index contributed by atoms with van der Waals surface area (Å²) in [4.78, 5) is 21.5. The second-order valence-corrected chi connectivity index (χ2v) is 14.9. The summed E-state index contributed by atoms with van der Waals surface area (Å²) < 4.78 is 0. The van der Waals surface area contributed by atoms with E-state index in [1.807, 2.05) is 0 Å². The molecule has 4 heterocycles. The highest BCUT2D eigenvalue weighted by molar-refractivity contribution is 5.79. The molecule has 2 aliphatic carbocycles. The lowest BCUT2D eigenvalue weighted by Crippen LogP contribution is -2.69. The topological polar surface area (TPSA) is 50.3 Å². The van der Waals surface area contributed by atoms with Crippen molar-refractivity contribution in [3.8, 4) is 0 Å². The first-order valence-electron chi connectivity index (χ1n) is 17.4. The Labute approximate surface area is 247 Å². The zero-order valence-electron chi connectivity index (χ0n) is 26.8. The summed E-state index contributed by atoms with van der Waals surface area (Å²) in [7, 11) is 2.19. The summed E-state index contributed by atoms with van der Waals surface area (Å²) in [6.07, 6.45) is 18.9. The van der Waals surface area contributed by atoms with Gasteiger partial charge < -0.3 is 19.8 Å². The van der Waals surface area contributed by atoms with Crippen molar-refractivity contribution in [2.75, 3.05) is 66.0 Å². The molecule has 1 N–H and O–H groups in total. The van der Waals surface area contributed by atoms with Gasteiger partial charge in [0, 0.05) is 50.1 Å². The smallest absolute Gasteiger partial charge is 0.225 e. The van der Waals surface area contributed by atoms with Crippen LogP contribution in [0.4, 0.5) is 0 Å². The number of hydrogen-bond donors (Lipinski definition) is 1. The number of carbonyl (C=O) groups is 1. The van der Waals surface area contributed by atoms with Crippen LogP contribution in [-0.2, 0) is 4.79 Å². The predicted octanol–water partition coefficient (Wildman–Crippen LogP) is 5.63. The minimum absolute atomic E-state index is 0.333. The molecular weight excluding hydrogens is 496 g/mol. The van der Waals surface area contributed by atoms with Crippen molar-refractivity contribution in [1.29, 1.82) is 0 Å². The maximum absolute atomic E-state index is 12.0. The molecule has 4 saturated heterocycles. The molecule has 6 heteroatoms. The molecular formula is C34H64N4O2. The maximum Gasteiger partial charge on any atom is 0.225 e. The molecule has 1 spiro atoms. The van der Waals surface area contributed by atoms with Crippen LogP contribution in [0.5, 0.6) is 0 Å². The first-order valence-corrected chi connectivity index (χ1v) is 17.4. The Kier molecular flexibility index (Phi) is 12.2. The summed E-state index contributed by atoms with van der Waals surface area (Å²) in [5.41, 5.74) is 0.154. The van der Waals surface area contributed by atoms with E-state index in [2.05, 4.69) is 47.4 Å². The number of nitrogens with zero attached hydrogens (tertiary/aromatic N) is 4. The van der Waals surface area contributed by atoms with E-state index in [0.717, 1.165) is 57.7 Å². The lowest BCUT2D eigenvalue weighted by Gasteiger charge is -2.64. The molecule has 6 rings (SSSR count). The quantitative estimate of drug-likeness (QED) is 0.456. The van der Waals surface area contributed by atoms with Gasteiger partial charge in [0.2, 0.25) is 5.91 Å². The number of rotatable bonds is 6. The molecule has 2 saturated carbocycles. The van der Waals surface area contributed by atoms with Gasteiger partial charge in [0.15, 0.2) is 0 Å². The van der Waals surface area contributed by atoms with Crippen LogP contribution < -0.4 is 0 Å². The van der Waals surface area contributed by atoms with Crippen molar-refractivity contribution >= 4 is 5.91 Å². The van der Waals surface area contributed by atoms with Crippen LogP contribution in [0.15, 0.2) is 0 Å². The van der Waals surface area contributed by atoms with Crippen molar-refractivity contribution in [2.24, 2.45) is 17.3 Å². The molecule has 40 heavy (non-hydrogen) atoms. The Morgan fingerprint density at radius 1 is 0.850 bits per heavy atom. The van der Waals surface area contributed by atoms with E-state index in [9.17, 15) is 9.90 Å². The van der Waals surface area contributed by atoms with Crippen LogP contribution >= 0.6 is 0 Å². The van der Waals surface area contributed by atoms with Crippen LogP contribution in [-0.4, -0.2) is 108 Å². The van der Waals surface area contributed by atoms with Gasteiger partial charge in [-0.3, -0.25) is 9.69 Å². The van der Waals surface area contributed by atoms with E-state index in [1.165, 1.54) is 103 Å². The Morgan fingerprint density at radius 3 is 1.90 bits per heavy atom. The van der Waals surface area contributed by atoms with Crippen molar-refractivity contribution in [2.45, 2.75) is 129 Å². The molecule has 0 atom stereocenters. The minimum atomic E-state index is -0.333. The van der Waals surface area contributed by atoms with Gasteiger partial charge >= 0.3 is 0 Å². The van der Waals surface area contributed by atoms with Gasteiger partial charge in [-0.25, -0.2) is 0 Å². The van der Waals surface area contributed by atoms with Gasteiger partial charge in [0.05, 0.1) is 5.60 Å². The number of likely N-dealkylation sites (tertiary alicyclic amines) is 4. The number of amides is 1. The lowest BCUT2D eigenvalue weighted by atomic mass is 9.54. The van der Waals surface area contributed by atoms with E-state index >= 15 is 0 Å². The summed E-state index contributed by atoms with van der Waals surface area (Å²) in [5, 5.41) is 10.6. The fourth-order valence-electron chi connectivity index (χ4n) is 8.14. The number of aliphatic hydroxyl groups is 1. The number of carbonyl (C=O) groups excluding carboxylic acids is 1. The largest absolute Gasteiger partial charge is 0.390 e. The number of piperidine rings is 2. The first kappa shape index (κ1) is 32.2. The van der Waals surface area contributed by atoms with Gasteiger partial charge in [0.25, 0.3) is 0 Å². The summed E-state index contributed by atoms with van der Waals surface area (Å²) in [6.45, 7) is 17.5. The molecule has 0 aromatic carbocycles. The second kappa shape index (κ2) is 15.2. The predicted molar refractivity (Wildman–Crippen MR) is 167 cm³/mol. The van der Waals surface area contributed by atoms with Gasteiger partial charge in [-0.15, -0.1) is 0 Å². The van der Waals surface area contributed by atoms with E-state index in [-0.39, 0.29) is 5.60 Å². The summed E-state index contributed by atoms with van der Waals surface area (Å²) >= 11 is 0. The molecule has 0 aromatic rings. The van der Waals surface area contributed by atoms with Crippen molar-refractivity contribution in [3.05, 3.63) is 0 Å². The lowest BCUT2D eigenvalue weighted by molar-refractivity contribution is -0.199. The third-order valence-corrected chi connectivity index (χ3v) is 10.9. The molecule has 1 amide bonds. The maximum atomic E-state index is 12.0. The highest BCUT2D eigenvalue weighted by Gasteiger charge is 2.59. The fraction of sp³-hybridized carbons (Fsp3) is 0.971.